The number of nitrogens with one attached hydrogen (secondary N) is 1. The van der Waals surface area contributed by atoms with Crippen molar-refractivity contribution in [1.29, 1.82) is 0 Å². The first-order valence-corrected chi connectivity index (χ1v) is 6.11. The standard InChI is InChI=1S/C11H18N2O2S/c1-9(14)7-13(2)8-11(15)12-6-10-4-3-5-16-10/h3-5,9,14H,6-8H2,1-2H3,(H,12,15). The minimum Gasteiger partial charge on any atom is -0.392 e. The van der Waals surface area contributed by atoms with Crippen LogP contribution in [0.15, 0.2) is 17.5 Å². The number of thiophene rings is 1. The van der Waals surface area contributed by atoms with Crippen LogP contribution in [0, 0.1) is 0 Å². The monoisotopic (exact) mass is 242 g/mol. The van der Waals surface area contributed by atoms with Crippen LogP contribution in [-0.4, -0.2) is 42.2 Å². The molecule has 0 radical (unpaired) electrons. The maximum Gasteiger partial charge on any atom is 0.234 e. The molecule has 0 aliphatic heterocycles. The van der Waals surface area contributed by atoms with Crippen LogP contribution >= 0.6 is 11.3 Å². The average Bonchev–Trinajstić information content (AvgIpc) is 2.65. The maximum atomic E-state index is 11.5. The van der Waals surface area contributed by atoms with Crippen molar-refractivity contribution in [2.24, 2.45) is 0 Å². The Morgan fingerprint density at radius 2 is 2.44 bits per heavy atom. The smallest absolute Gasteiger partial charge is 0.234 e. The lowest BCUT2D eigenvalue weighted by molar-refractivity contribution is -0.122. The van der Waals surface area contributed by atoms with Crippen molar-refractivity contribution >= 4 is 17.2 Å². The van der Waals surface area contributed by atoms with Gasteiger partial charge in [0.25, 0.3) is 0 Å². The van der Waals surface area contributed by atoms with Gasteiger partial charge in [-0.3, -0.25) is 9.69 Å². The highest BCUT2D eigenvalue weighted by Crippen LogP contribution is 2.07. The summed E-state index contributed by atoms with van der Waals surface area (Å²) in [6.45, 7) is 3.11. The maximum absolute atomic E-state index is 11.5. The molecule has 2 N–H and O–H groups in total. The Morgan fingerprint density at radius 3 is 3.00 bits per heavy atom. The van der Waals surface area contributed by atoms with E-state index in [4.69, 9.17) is 5.11 Å². The van der Waals surface area contributed by atoms with Crippen molar-refractivity contribution in [3.8, 4) is 0 Å². The van der Waals surface area contributed by atoms with Gasteiger partial charge in [-0.1, -0.05) is 6.07 Å². The molecule has 0 bridgehead atoms. The second-order valence-corrected chi connectivity index (χ2v) is 4.93. The lowest BCUT2D eigenvalue weighted by Gasteiger charge is -2.17. The molecule has 90 valence electrons. The summed E-state index contributed by atoms with van der Waals surface area (Å²) in [5.74, 6) is -0.0171. The normalized spacial score (nSPS) is 12.8. The van der Waals surface area contributed by atoms with E-state index in [1.807, 2.05) is 24.6 Å². The number of aliphatic hydroxyl groups excluding tert-OH is 1. The third-order valence-electron chi connectivity index (χ3n) is 2.03. The summed E-state index contributed by atoms with van der Waals surface area (Å²) in [6.07, 6.45) is -0.407. The van der Waals surface area contributed by atoms with Gasteiger partial charge in [0.05, 0.1) is 19.2 Å². The number of hydrogen-bond acceptors (Lipinski definition) is 4. The first-order valence-electron chi connectivity index (χ1n) is 5.23. The minimum atomic E-state index is -0.407. The fraction of sp³-hybridized carbons (Fsp3) is 0.545. The van der Waals surface area contributed by atoms with Crippen LogP contribution in [0.25, 0.3) is 0 Å². The Morgan fingerprint density at radius 1 is 1.69 bits per heavy atom. The van der Waals surface area contributed by atoms with E-state index in [-0.39, 0.29) is 5.91 Å². The van der Waals surface area contributed by atoms with E-state index in [0.717, 1.165) is 4.88 Å². The summed E-state index contributed by atoms with van der Waals surface area (Å²) >= 11 is 1.63. The highest BCUT2D eigenvalue weighted by atomic mass is 32.1. The number of nitrogens with zero attached hydrogens (tertiary/aromatic N) is 1. The van der Waals surface area contributed by atoms with E-state index >= 15 is 0 Å². The summed E-state index contributed by atoms with van der Waals surface area (Å²) in [5.41, 5.74) is 0. The van der Waals surface area contributed by atoms with Gasteiger partial charge in [-0.05, 0) is 25.4 Å². The molecule has 5 heteroatoms. The third kappa shape index (κ3) is 5.25. The lowest BCUT2D eigenvalue weighted by atomic mass is 10.3. The molecule has 1 aromatic rings. The fourth-order valence-electron chi connectivity index (χ4n) is 1.42. The molecule has 0 spiro atoms. The number of amides is 1. The number of rotatable bonds is 6. The Bertz CT molecular complexity index is 312. The van der Waals surface area contributed by atoms with Crippen molar-refractivity contribution < 1.29 is 9.90 Å². The van der Waals surface area contributed by atoms with Gasteiger partial charge < -0.3 is 10.4 Å². The highest BCUT2D eigenvalue weighted by Gasteiger charge is 2.08. The molecule has 0 aliphatic rings. The van der Waals surface area contributed by atoms with E-state index < -0.39 is 6.10 Å². The number of carbonyl (C=O) groups excluding carboxylic acids is 1. The first kappa shape index (κ1) is 13.2. The second-order valence-electron chi connectivity index (χ2n) is 3.90. The summed E-state index contributed by atoms with van der Waals surface area (Å²) in [6, 6.07) is 3.95. The van der Waals surface area contributed by atoms with Gasteiger partial charge in [-0.25, -0.2) is 0 Å². The molecule has 0 aromatic carbocycles. The zero-order valence-corrected chi connectivity index (χ0v) is 10.5. The average molecular weight is 242 g/mol. The van der Waals surface area contributed by atoms with Crippen LogP contribution in [0.3, 0.4) is 0 Å². The third-order valence-corrected chi connectivity index (χ3v) is 2.91. The molecule has 0 saturated heterocycles. The van der Waals surface area contributed by atoms with Crippen molar-refractivity contribution in [2.75, 3.05) is 20.1 Å². The van der Waals surface area contributed by atoms with Crippen LogP contribution in [0.4, 0.5) is 0 Å². The Balaban J connectivity index is 2.20. The van der Waals surface area contributed by atoms with Crippen LogP contribution < -0.4 is 5.32 Å². The highest BCUT2D eigenvalue weighted by molar-refractivity contribution is 7.09. The number of likely N-dealkylation sites (N-methyl/N-ethyl adjacent to an activating group) is 1. The van der Waals surface area contributed by atoms with Crippen molar-refractivity contribution in [1.82, 2.24) is 10.2 Å². The number of carbonyl (C=O) groups is 1. The predicted octanol–water partition coefficient (Wildman–Crippen LogP) is 0.677. The lowest BCUT2D eigenvalue weighted by Crippen LogP contribution is -2.37. The van der Waals surface area contributed by atoms with Gasteiger partial charge >= 0.3 is 0 Å². The molecule has 0 fully saturated rings. The second kappa shape index (κ2) is 6.62. The quantitative estimate of drug-likeness (QED) is 0.771. The molecular weight excluding hydrogens is 224 g/mol. The van der Waals surface area contributed by atoms with Crippen molar-refractivity contribution in [2.45, 2.75) is 19.6 Å². The van der Waals surface area contributed by atoms with Gasteiger partial charge in [-0.2, -0.15) is 0 Å². The Hall–Kier alpha value is -0.910. The molecule has 1 amide bonds. The van der Waals surface area contributed by atoms with Gasteiger partial charge in [0.1, 0.15) is 0 Å². The van der Waals surface area contributed by atoms with Gasteiger partial charge in [0, 0.05) is 11.4 Å². The van der Waals surface area contributed by atoms with Crippen LogP contribution in [0.5, 0.6) is 0 Å². The van der Waals surface area contributed by atoms with E-state index in [2.05, 4.69) is 5.32 Å². The molecule has 0 saturated carbocycles. The summed E-state index contributed by atoms with van der Waals surface area (Å²) in [4.78, 5) is 14.4. The van der Waals surface area contributed by atoms with Crippen molar-refractivity contribution in [3.05, 3.63) is 22.4 Å². The minimum absolute atomic E-state index is 0.0171. The van der Waals surface area contributed by atoms with Gasteiger partial charge in [0.2, 0.25) is 5.91 Å². The number of hydrogen-bond donors (Lipinski definition) is 2. The number of aliphatic hydroxyl groups is 1. The molecule has 1 aromatic heterocycles. The Kier molecular flexibility index (Phi) is 5.45. The molecule has 1 unspecified atom stereocenters. The zero-order valence-electron chi connectivity index (χ0n) is 9.64. The van der Waals surface area contributed by atoms with Crippen molar-refractivity contribution in [3.63, 3.8) is 0 Å². The summed E-state index contributed by atoms with van der Waals surface area (Å²) in [7, 11) is 1.82. The molecule has 1 heterocycles. The predicted molar refractivity (Wildman–Crippen MR) is 65.3 cm³/mol. The summed E-state index contributed by atoms with van der Waals surface area (Å²) in [5, 5.41) is 14.0. The van der Waals surface area contributed by atoms with E-state index in [1.165, 1.54) is 0 Å². The zero-order chi connectivity index (χ0) is 12.0. The molecule has 4 nitrogen and oxygen atoms in total. The van der Waals surface area contributed by atoms with E-state index in [0.29, 0.717) is 19.6 Å². The fourth-order valence-corrected chi connectivity index (χ4v) is 2.06. The van der Waals surface area contributed by atoms with Gasteiger partial charge in [-0.15, -0.1) is 11.3 Å². The SMILES string of the molecule is CC(O)CN(C)CC(=O)NCc1cccs1. The molecule has 1 atom stereocenters. The summed E-state index contributed by atoms with van der Waals surface area (Å²) < 4.78 is 0. The van der Waals surface area contributed by atoms with E-state index in [1.54, 1.807) is 23.2 Å². The molecular formula is C11H18N2O2S. The molecule has 16 heavy (non-hydrogen) atoms. The van der Waals surface area contributed by atoms with Gasteiger partial charge in [0.15, 0.2) is 0 Å². The molecule has 1 rings (SSSR count). The first-order chi connectivity index (χ1) is 7.58. The van der Waals surface area contributed by atoms with E-state index in [9.17, 15) is 4.79 Å². The largest absolute Gasteiger partial charge is 0.392 e. The van der Waals surface area contributed by atoms with Crippen LogP contribution in [-0.2, 0) is 11.3 Å². The van der Waals surface area contributed by atoms with Crippen LogP contribution in [0.1, 0.15) is 11.8 Å². The van der Waals surface area contributed by atoms with Crippen LogP contribution in [0.2, 0.25) is 0 Å². The topological polar surface area (TPSA) is 52.6 Å². The Labute approximate surface area is 99.9 Å². The molecule has 0 aliphatic carbocycles.